The number of halogens is 3. The van der Waals surface area contributed by atoms with Crippen LogP contribution < -0.4 is 11.1 Å². The van der Waals surface area contributed by atoms with Gasteiger partial charge in [0.15, 0.2) is 6.10 Å². The maximum absolute atomic E-state index is 12.1. The molecule has 0 aliphatic heterocycles. The number of nitrogen functional groups attached to an aromatic ring is 1. The van der Waals surface area contributed by atoms with E-state index in [0.29, 0.717) is 20.8 Å². The SMILES string of the molecule is C[C@H](OC(=O)c1ccc(Cl)cc1N)C(=O)Nc1cc(Cl)ccc1Cl. The Bertz CT molecular complexity index is 796. The van der Waals surface area contributed by atoms with E-state index < -0.39 is 18.0 Å². The number of carbonyl (C=O) groups is 2. The van der Waals surface area contributed by atoms with Gasteiger partial charge in [-0.25, -0.2) is 4.79 Å². The Morgan fingerprint density at radius 2 is 1.71 bits per heavy atom. The van der Waals surface area contributed by atoms with Gasteiger partial charge in [-0.15, -0.1) is 0 Å². The highest BCUT2D eigenvalue weighted by Gasteiger charge is 2.21. The molecular formula is C16H13Cl3N2O3. The molecule has 24 heavy (non-hydrogen) atoms. The van der Waals surface area contributed by atoms with E-state index in [2.05, 4.69) is 5.32 Å². The van der Waals surface area contributed by atoms with E-state index in [1.165, 1.54) is 31.2 Å². The molecule has 0 spiro atoms. The van der Waals surface area contributed by atoms with Gasteiger partial charge in [-0.2, -0.15) is 0 Å². The quantitative estimate of drug-likeness (QED) is 0.601. The van der Waals surface area contributed by atoms with Crippen molar-refractivity contribution in [2.45, 2.75) is 13.0 Å². The summed E-state index contributed by atoms with van der Waals surface area (Å²) in [6.45, 7) is 1.43. The average Bonchev–Trinajstić information content (AvgIpc) is 2.50. The third-order valence-corrected chi connectivity index (χ3v) is 3.87. The number of benzene rings is 2. The number of nitrogens with one attached hydrogen (secondary N) is 1. The Morgan fingerprint density at radius 3 is 2.38 bits per heavy atom. The van der Waals surface area contributed by atoms with Gasteiger partial charge in [-0.1, -0.05) is 34.8 Å². The lowest BCUT2D eigenvalue weighted by molar-refractivity contribution is -0.123. The van der Waals surface area contributed by atoms with Gasteiger partial charge in [0.25, 0.3) is 5.91 Å². The van der Waals surface area contributed by atoms with Gasteiger partial charge in [0, 0.05) is 15.7 Å². The van der Waals surface area contributed by atoms with Crippen molar-refractivity contribution in [3.05, 3.63) is 57.0 Å². The molecule has 0 heterocycles. The fourth-order valence-electron chi connectivity index (χ4n) is 1.82. The van der Waals surface area contributed by atoms with Gasteiger partial charge in [-0.05, 0) is 43.3 Å². The number of carbonyl (C=O) groups excluding carboxylic acids is 2. The third-order valence-electron chi connectivity index (χ3n) is 3.07. The predicted octanol–water partition coefficient (Wildman–Crippen LogP) is 4.41. The number of hydrogen-bond donors (Lipinski definition) is 2. The molecule has 0 unspecified atom stereocenters. The van der Waals surface area contributed by atoms with E-state index in [1.54, 1.807) is 12.1 Å². The number of amides is 1. The number of rotatable bonds is 4. The van der Waals surface area contributed by atoms with Crippen LogP contribution >= 0.6 is 34.8 Å². The smallest absolute Gasteiger partial charge is 0.341 e. The summed E-state index contributed by atoms with van der Waals surface area (Å²) in [6, 6.07) is 8.99. The van der Waals surface area contributed by atoms with Crippen LogP contribution in [0.5, 0.6) is 0 Å². The molecule has 126 valence electrons. The lowest BCUT2D eigenvalue weighted by Crippen LogP contribution is -2.30. The molecule has 0 aliphatic rings. The van der Waals surface area contributed by atoms with Crippen LogP contribution in [0.1, 0.15) is 17.3 Å². The van der Waals surface area contributed by atoms with Gasteiger partial charge in [-0.3, -0.25) is 4.79 Å². The lowest BCUT2D eigenvalue weighted by Gasteiger charge is -2.15. The summed E-state index contributed by atoms with van der Waals surface area (Å²) in [5.74, 6) is -1.29. The molecule has 2 aromatic carbocycles. The molecule has 1 atom stereocenters. The van der Waals surface area contributed by atoms with Gasteiger partial charge in [0.2, 0.25) is 0 Å². The van der Waals surface area contributed by atoms with Gasteiger partial charge >= 0.3 is 5.97 Å². The first kappa shape index (κ1) is 18.4. The van der Waals surface area contributed by atoms with Gasteiger partial charge < -0.3 is 15.8 Å². The van der Waals surface area contributed by atoms with Crippen LogP contribution in [0.4, 0.5) is 11.4 Å². The van der Waals surface area contributed by atoms with E-state index in [9.17, 15) is 9.59 Å². The second kappa shape index (κ2) is 7.75. The van der Waals surface area contributed by atoms with Crippen molar-refractivity contribution in [2.75, 3.05) is 11.1 Å². The predicted molar refractivity (Wildman–Crippen MR) is 95.8 cm³/mol. The van der Waals surface area contributed by atoms with Crippen LogP contribution in [0.15, 0.2) is 36.4 Å². The Hall–Kier alpha value is -1.95. The first-order valence-corrected chi connectivity index (χ1v) is 7.93. The molecule has 8 heteroatoms. The van der Waals surface area contributed by atoms with Crippen molar-refractivity contribution in [3.8, 4) is 0 Å². The second-order valence-electron chi connectivity index (χ2n) is 4.89. The molecule has 0 radical (unpaired) electrons. The Labute approximate surface area is 153 Å². The average molecular weight is 388 g/mol. The molecule has 2 aromatic rings. The fourth-order valence-corrected chi connectivity index (χ4v) is 2.34. The number of ether oxygens (including phenoxy) is 1. The van der Waals surface area contributed by atoms with Crippen LogP contribution in [0.3, 0.4) is 0 Å². The number of nitrogens with two attached hydrogens (primary N) is 1. The van der Waals surface area contributed by atoms with Crippen molar-refractivity contribution in [1.29, 1.82) is 0 Å². The zero-order valence-electron chi connectivity index (χ0n) is 12.5. The summed E-state index contributed by atoms with van der Waals surface area (Å²) >= 11 is 17.6. The summed E-state index contributed by atoms with van der Waals surface area (Å²) in [5, 5.41) is 3.66. The largest absolute Gasteiger partial charge is 0.449 e. The molecule has 0 saturated carbocycles. The minimum atomic E-state index is -1.07. The molecule has 3 N–H and O–H groups in total. The first-order chi connectivity index (χ1) is 11.3. The highest BCUT2D eigenvalue weighted by Crippen LogP contribution is 2.26. The monoisotopic (exact) mass is 386 g/mol. The summed E-state index contributed by atoms with van der Waals surface area (Å²) < 4.78 is 5.11. The lowest BCUT2D eigenvalue weighted by atomic mass is 10.2. The molecule has 0 saturated heterocycles. The molecule has 0 bridgehead atoms. The minimum absolute atomic E-state index is 0.125. The highest BCUT2D eigenvalue weighted by molar-refractivity contribution is 6.35. The fraction of sp³-hybridized carbons (Fsp3) is 0.125. The van der Waals surface area contributed by atoms with E-state index in [-0.39, 0.29) is 11.3 Å². The molecule has 1 amide bonds. The molecule has 0 aliphatic carbocycles. The van der Waals surface area contributed by atoms with Gasteiger partial charge in [0.1, 0.15) is 0 Å². The van der Waals surface area contributed by atoms with Crippen molar-refractivity contribution >= 4 is 58.1 Å². The molecule has 5 nitrogen and oxygen atoms in total. The van der Waals surface area contributed by atoms with E-state index in [1.807, 2.05) is 0 Å². The van der Waals surface area contributed by atoms with Crippen LogP contribution in [-0.2, 0) is 9.53 Å². The number of anilines is 2. The van der Waals surface area contributed by atoms with E-state index >= 15 is 0 Å². The van der Waals surface area contributed by atoms with E-state index in [4.69, 9.17) is 45.3 Å². The normalized spacial score (nSPS) is 11.7. The molecule has 2 rings (SSSR count). The van der Waals surface area contributed by atoms with Crippen LogP contribution in [-0.4, -0.2) is 18.0 Å². The Balaban J connectivity index is 2.05. The molecule has 0 aromatic heterocycles. The topological polar surface area (TPSA) is 81.4 Å². The van der Waals surface area contributed by atoms with E-state index in [0.717, 1.165) is 0 Å². The highest BCUT2D eigenvalue weighted by atomic mass is 35.5. The van der Waals surface area contributed by atoms with Crippen LogP contribution in [0, 0.1) is 0 Å². The summed E-state index contributed by atoms with van der Waals surface area (Å²) in [6.07, 6.45) is -1.07. The molecule has 0 fully saturated rings. The Kier molecular flexibility index (Phi) is 5.94. The number of hydrogen-bond acceptors (Lipinski definition) is 4. The maximum atomic E-state index is 12.1. The third kappa shape index (κ3) is 4.54. The van der Waals surface area contributed by atoms with Crippen molar-refractivity contribution < 1.29 is 14.3 Å². The second-order valence-corrected chi connectivity index (χ2v) is 6.17. The van der Waals surface area contributed by atoms with Crippen molar-refractivity contribution in [2.24, 2.45) is 0 Å². The summed E-state index contributed by atoms with van der Waals surface area (Å²) in [4.78, 5) is 24.2. The van der Waals surface area contributed by atoms with Crippen LogP contribution in [0.25, 0.3) is 0 Å². The Morgan fingerprint density at radius 1 is 1.08 bits per heavy atom. The minimum Gasteiger partial charge on any atom is -0.449 e. The zero-order chi connectivity index (χ0) is 17.9. The summed E-state index contributed by atoms with van der Waals surface area (Å²) in [7, 11) is 0. The number of esters is 1. The van der Waals surface area contributed by atoms with Crippen molar-refractivity contribution in [1.82, 2.24) is 0 Å². The summed E-state index contributed by atoms with van der Waals surface area (Å²) in [5.41, 5.74) is 6.33. The van der Waals surface area contributed by atoms with Crippen LogP contribution in [0.2, 0.25) is 15.1 Å². The maximum Gasteiger partial charge on any atom is 0.341 e. The zero-order valence-corrected chi connectivity index (χ0v) is 14.7. The van der Waals surface area contributed by atoms with Gasteiger partial charge in [0.05, 0.1) is 16.3 Å². The standard InChI is InChI=1S/C16H13Cl3N2O3/c1-8(15(22)21-14-7-10(18)3-5-12(14)19)24-16(23)11-4-2-9(17)6-13(11)20/h2-8H,20H2,1H3,(H,21,22)/t8-/m0/s1. The van der Waals surface area contributed by atoms with Crippen molar-refractivity contribution in [3.63, 3.8) is 0 Å². The molecular weight excluding hydrogens is 375 g/mol. The first-order valence-electron chi connectivity index (χ1n) is 6.80.